The molecule has 21 heavy (non-hydrogen) atoms. The van der Waals surface area contributed by atoms with E-state index in [1.165, 1.54) is 31.7 Å². The number of nitrogens with zero attached hydrogens (tertiary/aromatic N) is 2. The van der Waals surface area contributed by atoms with Crippen molar-refractivity contribution >= 4 is 5.69 Å². The molecule has 0 N–H and O–H groups in total. The van der Waals surface area contributed by atoms with Gasteiger partial charge in [-0.1, -0.05) is 31.9 Å². The topological polar surface area (TPSA) is 55.6 Å². The van der Waals surface area contributed by atoms with Gasteiger partial charge in [0.15, 0.2) is 5.75 Å². The fourth-order valence-corrected chi connectivity index (χ4v) is 3.15. The first-order chi connectivity index (χ1) is 10.1. The highest BCUT2D eigenvalue weighted by Gasteiger charge is 2.24. The molecule has 0 spiro atoms. The summed E-state index contributed by atoms with van der Waals surface area (Å²) in [5.74, 6) is 1.07. The van der Waals surface area contributed by atoms with Crippen LogP contribution in [0.3, 0.4) is 0 Å². The Morgan fingerprint density at radius 2 is 2.05 bits per heavy atom. The summed E-state index contributed by atoms with van der Waals surface area (Å²) in [7, 11) is 2.12. The van der Waals surface area contributed by atoms with Crippen LogP contribution in [0, 0.1) is 16.0 Å². The van der Waals surface area contributed by atoms with Gasteiger partial charge in [-0.3, -0.25) is 15.0 Å². The molecule has 0 aliphatic heterocycles. The van der Waals surface area contributed by atoms with Gasteiger partial charge >= 0.3 is 5.69 Å². The predicted octanol–water partition coefficient (Wildman–Crippen LogP) is 3.48. The van der Waals surface area contributed by atoms with Crippen LogP contribution in [-0.2, 0) is 0 Å². The second-order valence-corrected chi connectivity index (χ2v) is 5.88. The van der Waals surface area contributed by atoms with E-state index in [-0.39, 0.29) is 5.69 Å². The highest BCUT2D eigenvalue weighted by Crippen LogP contribution is 2.28. The summed E-state index contributed by atoms with van der Waals surface area (Å²) in [5.41, 5.74) is 0.0335. The van der Waals surface area contributed by atoms with Crippen molar-refractivity contribution in [2.75, 3.05) is 20.2 Å². The van der Waals surface area contributed by atoms with Gasteiger partial charge in [-0.05, 0) is 31.9 Å². The van der Waals surface area contributed by atoms with E-state index in [9.17, 15) is 10.1 Å². The highest BCUT2D eigenvalue weighted by atomic mass is 16.6. The molecule has 1 aromatic rings. The maximum absolute atomic E-state index is 10.9. The van der Waals surface area contributed by atoms with Crippen LogP contribution in [0.2, 0.25) is 0 Å². The molecule has 0 bridgehead atoms. The number of benzene rings is 1. The Bertz CT molecular complexity index is 478. The SMILES string of the molecule is CC1CCCCC1N(C)CCOc1ccccc1[N+](=O)[O-]. The lowest BCUT2D eigenvalue weighted by Crippen LogP contribution is -2.40. The summed E-state index contributed by atoms with van der Waals surface area (Å²) in [4.78, 5) is 12.9. The van der Waals surface area contributed by atoms with E-state index in [4.69, 9.17) is 4.74 Å². The summed E-state index contributed by atoms with van der Waals surface area (Å²) in [5, 5.41) is 10.9. The quantitative estimate of drug-likeness (QED) is 0.595. The lowest BCUT2D eigenvalue weighted by atomic mass is 9.85. The molecule has 1 aromatic carbocycles. The van der Waals surface area contributed by atoms with Crippen molar-refractivity contribution in [2.45, 2.75) is 38.6 Å². The van der Waals surface area contributed by atoms with Crippen molar-refractivity contribution in [3.63, 3.8) is 0 Å². The van der Waals surface area contributed by atoms with Gasteiger partial charge < -0.3 is 4.74 Å². The number of hydrogen-bond acceptors (Lipinski definition) is 4. The van der Waals surface area contributed by atoms with E-state index in [1.54, 1.807) is 18.2 Å². The van der Waals surface area contributed by atoms with Crippen LogP contribution in [-0.4, -0.2) is 36.1 Å². The molecular formula is C16H24N2O3. The average Bonchev–Trinajstić information content (AvgIpc) is 2.48. The van der Waals surface area contributed by atoms with Gasteiger partial charge in [0.1, 0.15) is 6.61 Å². The minimum atomic E-state index is -0.401. The third-order valence-corrected chi connectivity index (χ3v) is 4.40. The van der Waals surface area contributed by atoms with Gasteiger partial charge in [-0.25, -0.2) is 0 Å². The highest BCUT2D eigenvalue weighted by molar-refractivity contribution is 5.45. The van der Waals surface area contributed by atoms with E-state index in [0.29, 0.717) is 18.4 Å². The Hall–Kier alpha value is -1.62. The summed E-state index contributed by atoms with van der Waals surface area (Å²) in [6.45, 7) is 3.58. The van der Waals surface area contributed by atoms with Crippen LogP contribution in [0.5, 0.6) is 5.75 Å². The minimum absolute atomic E-state index is 0.0335. The lowest BCUT2D eigenvalue weighted by molar-refractivity contribution is -0.385. The van der Waals surface area contributed by atoms with Crippen LogP contribution in [0.4, 0.5) is 5.69 Å². The molecule has 1 aliphatic carbocycles. The van der Waals surface area contributed by atoms with Crippen molar-refractivity contribution in [1.29, 1.82) is 0 Å². The molecule has 0 radical (unpaired) electrons. The second-order valence-electron chi connectivity index (χ2n) is 5.88. The first-order valence-electron chi connectivity index (χ1n) is 7.66. The molecule has 0 saturated heterocycles. The molecule has 116 valence electrons. The molecule has 0 heterocycles. The Balaban J connectivity index is 1.85. The normalized spacial score (nSPS) is 22.2. The van der Waals surface area contributed by atoms with E-state index < -0.39 is 4.92 Å². The van der Waals surface area contributed by atoms with Crippen molar-refractivity contribution < 1.29 is 9.66 Å². The van der Waals surface area contributed by atoms with Gasteiger partial charge in [-0.2, -0.15) is 0 Å². The standard InChI is InChI=1S/C16H24N2O3/c1-13-7-3-4-8-14(13)17(2)11-12-21-16-10-6-5-9-15(16)18(19)20/h5-6,9-10,13-14H,3-4,7-8,11-12H2,1-2H3. The third kappa shape index (κ3) is 4.17. The average molecular weight is 292 g/mol. The minimum Gasteiger partial charge on any atom is -0.485 e. The summed E-state index contributed by atoms with van der Waals surface area (Å²) in [6, 6.07) is 7.15. The smallest absolute Gasteiger partial charge is 0.310 e. The van der Waals surface area contributed by atoms with Gasteiger partial charge in [0, 0.05) is 18.7 Å². The molecule has 5 heteroatoms. The van der Waals surface area contributed by atoms with Crippen molar-refractivity contribution in [3.05, 3.63) is 34.4 Å². The largest absolute Gasteiger partial charge is 0.485 e. The molecule has 2 atom stereocenters. The van der Waals surface area contributed by atoms with Crippen LogP contribution in [0.25, 0.3) is 0 Å². The Morgan fingerprint density at radius 1 is 1.33 bits per heavy atom. The van der Waals surface area contributed by atoms with Gasteiger partial charge in [0.2, 0.25) is 0 Å². The number of likely N-dealkylation sites (N-methyl/N-ethyl adjacent to an activating group) is 1. The molecule has 2 unspecified atom stereocenters. The molecule has 5 nitrogen and oxygen atoms in total. The fraction of sp³-hybridized carbons (Fsp3) is 0.625. The second kappa shape index (κ2) is 7.41. The molecule has 0 amide bonds. The molecule has 1 aliphatic rings. The van der Waals surface area contributed by atoms with Crippen molar-refractivity contribution in [3.8, 4) is 5.75 Å². The number of nitro benzene ring substituents is 1. The van der Waals surface area contributed by atoms with Crippen molar-refractivity contribution in [1.82, 2.24) is 4.90 Å². The van der Waals surface area contributed by atoms with Crippen LogP contribution in [0.1, 0.15) is 32.6 Å². The third-order valence-electron chi connectivity index (χ3n) is 4.40. The van der Waals surface area contributed by atoms with Gasteiger partial charge in [0.05, 0.1) is 4.92 Å². The van der Waals surface area contributed by atoms with Crippen LogP contribution >= 0.6 is 0 Å². The van der Waals surface area contributed by atoms with Crippen LogP contribution in [0.15, 0.2) is 24.3 Å². The Morgan fingerprint density at radius 3 is 2.76 bits per heavy atom. The molecule has 0 aromatic heterocycles. The zero-order valence-electron chi connectivity index (χ0n) is 12.8. The summed E-state index contributed by atoms with van der Waals surface area (Å²) in [6.07, 6.45) is 5.16. The number of hydrogen-bond donors (Lipinski definition) is 0. The molecule has 2 rings (SSSR count). The van der Waals surface area contributed by atoms with E-state index >= 15 is 0 Å². The van der Waals surface area contributed by atoms with Crippen LogP contribution < -0.4 is 4.74 Å². The molecular weight excluding hydrogens is 268 g/mol. The Labute approximate surface area is 126 Å². The number of rotatable bonds is 6. The summed E-state index contributed by atoms with van der Waals surface area (Å²) < 4.78 is 5.61. The maximum atomic E-state index is 10.9. The first-order valence-corrected chi connectivity index (χ1v) is 7.66. The monoisotopic (exact) mass is 292 g/mol. The molecule has 1 saturated carbocycles. The van der Waals surface area contributed by atoms with Crippen molar-refractivity contribution in [2.24, 2.45) is 5.92 Å². The maximum Gasteiger partial charge on any atom is 0.310 e. The Kier molecular flexibility index (Phi) is 5.56. The lowest BCUT2D eigenvalue weighted by Gasteiger charge is -2.36. The zero-order valence-corrected chi connectivity index (χ0v) is 12.8. The number of nitro groups is 1. The van der Waals surface area contributed by atoms with Gasteiger partial charge in [0.25, 0.3) is 0 Å². The van der Waals surface area contributed by atoms with Gasteiger partial charge in [-0.15, -0.1) is 0 Å². The number of ether oxygens (including phenoxy) is 1. The zero-order chi connectivity index (χ0) is 15.2. The van der Waals surface area contributed by atoms with E-state index in [2.05, 4.69) is 18.9 Å². The van der Waals surface area contributed by atoms with E-state index in [0.717, 1.165) is 12.5 Å². The fourth-order valence-electron chi connectivity index (χ4n) is 3.15. The summed E-state index contributed by atoms with van der Waals surface area (Å²) >= 11 is 0. The number of para-hydroxylation sites is 2. The molecule has 1 fully saturated rings. The predicted molar refractivity (Wildman–Crippen MR) is 82.6 cm³/mol. The first kappa shape index (κ1) is 15.8. The van der Waals surface area contributed by atoms with E-state index in [1.807, 2.05) is 0 Å².